The predicted octanol–water partition coefficient (Wildman–Crippen LogP) is 0.356. The van der Waals surface area contributed by atoms with Crippen LogP contribution in [0.25, 0.3) is 0 Å². The minimum atomic E-state index is -0.263. The molecule has 0 bridgehead atoms. The first-order chi connectivity index (χ1) is 7.52. The maximum absolute atomic E-state index is 11.2. The summed E-state index contributed by atoms with van der Waals surface area (Å²) in [7, 11) is 3.21. The quantitative estimate of drug-likeness (QED) is 0.468. The van der Waals surface area contributed by atoms with Crippen LogP contribution >= 0.6 is 0 Å². The van der Waals surface area contributed by atoms with Crippen molar-refractivity contribution < 1.29 is 14.3 Å². The highest BCUT2D eigenvalue weighted by Crippen LogP contribution is 1.97. The van der Waals surface area contributed by atoms with Gasteiger partial charge < -0.3 is 20.1 Å². The molecule has 0 radical (unpaired) electrons. The van der Waals surface area contributed by atoms with Crippen molar-refractivity contribution in [2.24, 2.45) is 5.92 Å². The van der Waals surface area contributed by atoms with Crippen molar-refractivity contribution >= 4 is 5.91 Å². The van der Waals surface area contributed by atoms with Gasteiger partial charge in [-0.3, -0.25) is 4.79 Å². The molecule has 1 atom stereocenters. The Bertz CT molecular complexity index is 194. The van der Waals surface area contributed by atoms with E-state index < -0.39 is 0 Å². The lowest BCUT2D eigenvalue weighted by Crippen LogP contribution is -2.43. The van der Waals surface area contributed by atoms with Gasteiger partial charge in [-0.25, -0.2) is 0 Å². The Morgan fingerprint density at radius 2 is 1.69 bits per heavy atom. The number of methoxy groups -OCH3 is 2. The molecule has 1 unspecified atom stereocenters. The molecule has 0 rings (SSSR count). The fourth-order valence-electron chi connectivity index (χ4n) is 1.29. The van der Waals surface area contributed by atoms with E-state index in [2.05, 4.69) is 10.6 Å². The van der Waals surface area contributed by atoms with Crippen LogP contribution in [0.2, 0.25) is 0 Å². The first kappa shape index (κ1) is 15.3. The molecule has 0 heterocycles. The number of carbonyl (C=O) groups excluding carboxylic acids is 1. The van der Waals surface area contributed by atoms with Gasteiger partial charge >= 0.3 is 0 Å². The maximum atomic E-state index is 11.2. The van der Waals surface area contributed by atoms with Crippen LogP contribution < -0.4 is 10.6 Å². The predicted molar refractivity (Wildman–Crippen MR) is 63.1 cm³/mol. The molecule has 96 valence electrons. The standard InChI is InChI=1S/C11H24N2O3/c1-8(2)10(14)13-7-6-12-9(3)11(15-4)16-5/h8-9,11-12H,6-7H2,1-5H3,(H,13,14). The first-order valence-electron chi connectivity index (χ1n) is 5.59. The summed E-state index contributed by atoms with van der Waals surface area (Å²) < 4.78 is 10.2. The second-order valence-electron chi connectivity index (χ2n) is 4.03. The molecule has 0 spiro atoms. The summed E-state index contributed by atoms with van der Waals surface area (Å²) in [5.74, 6) is 0.104. The summed E-state index contributed by atoms with van der Waals surface area (Å²) in [6.07, 6.45) is -0.263. The normalized spacial score (nSPS) is 13.2. The molecule has 0 saturated carbocycles. The minimum Gasteiger partial charge on any atom is -0.355 e. The van der Waals surface area contributed by atoms with Gasteiger partial charge in [0.15, 0.2) is 6.29 Å². The Hall–Kier alpha value is -0.650. The van der Waals surface area contributed by atoms with Crippen LogP contribution in [0, 0.1) is 5.92 Å². The van der Waals surface area contributed by atoms with Gasteiger partial charge in [-0.05, 0) is 6.92 Å². The zero-order valence-corrected chi connectivity index (χ0v) is 10.9. The van der Waals surface area contributed by atoms with Gasteiger partial charge in [0.1, 0.15) is 0 Å². The third kappa shape index (κ3) is 6.05. The van der Waals surface area contributed by atoms with Crippen LogP contribution in [0.4, 0.5) is 0 Å². The van der Waals surface area contributed by atoms with E-state index in [0.29, 0.717) is 13.1 Å². The summed E-state index contributed by atoms with van der Waals surface area (Å²) in [4.78, 5) is 11.2. The van der Waals surface area contributed by atoms with Crippen molar-refractivity contribution in [3.05, 3.63) is 0 Å². The van der Waals surface area contributed by atoms with Crippen LogP contribution in [-0.4, -0.2) is 45.5 Å². The van der Waals surface area contributed by atoms with E-state index in [1.165, 1.54) is 0 Å². The monoisotopic (exact) mass is 232 g/mol. The highest BCUT2D eigenvalue weighted by atomic mass is 16.7. The summed E-state index contributed by atoms with van der Waals surface area (Å²) in [6.45, 7) is 7.03. The van der Waals surface area contributed by atoms with E-state index in [0.717, 1.165) is 0 Å². The van der Waals surface area contributed by atoms with E-state index in [1.54, 1.807) is 14.2 Å². The smallest absolute Gasteiger partial charge is 0.222 e. The molecule has 0 aromatic carbocycles. The summed E-state index contributed by atoms with van der Waals surface area (Å²) in [6, 6.07) is 0.0888. The van der Waals surface area contributed by atoms with E-state index in [9.17, 15) is 4.79 Å². The third-order valence-corrected chi connectivity index (χ3v) is 2.29. The maximum Gasteiger partial charge on any atom is 0.222 e. The van der Waals surface area contributed by atoms with E-state index in [-0.39, 0.29) is 24.2 Å². The lowest BCUT2D eigenvalue weighted by molar-refractivity contribution is -0.124. The average Bonchev–Trinajstić information content (AvgIpc) is 2.25. The van der Waals surface area contributed by atoms with E-state index in [1.807, 2.05) is 20.8 Å². The molecule has 5 nitrogen and oxygen atoms in total. The van der Waals surface area contributed by atoms with Gasteiger partial charge in [-0.2, -0.15) is 0 Å². The van der Waals surface area contributed by atoms with Crippen LogP contribution in [0.5, 0.6) is 0 Å². The summed E-state index contributed by atoms with van der Waals surface area (Å²) in [5.41, 5.74) is 0. The Kier molecular flexibility index (Phi) is 8.15. The SMILES string of the molecule is COC(OC)C(C)NCCNC(=O)C(C)C. The molecule has 0 aliphatic rings. The van der Waals surface area contributed by atoms with Crippen molar-refractivity contribution in [1.29, 1.82) is 0 Å². The molecular formula is C11H24N2O3. The average molecular weight is 232 g/mol. The second-order valence-corrected chi connectivity index (χ2v) is 4.03. The van der Waals surface area contributed by atoms with Crippen molar-refractivity contribution in [2.75, 3.05) is 27.3 Å². The molecule has 0 aromatic heterocycles. The Morgan fingerprint density at radius 1 is 1.12 bits per heavy atom. The van der Waals surface area contributed by atoms with Gasteiger partial charge in [0.25, 0.3) is 0 Å². The van der Waals surface area contributed by atoms with Gasteiger partial charge in [0, 0.05) is 33.2 Å². The molecule has 0 aliphatic heterocycles. The van der Waals surface area contributed by atoms with Crippen molar-refractivity contribution in [3.63, 3.8) is 0 Å². The molecule has 0 fully saturated rings. The van der Waals surface area contributed by atoms with Crippen molar-refractivity contribution in [2.45, 2.75) is 33.1 Å². The summed E-state index contributed by atoms with van der Waals surface area (Å²) in [5, 5.41) is 6.04. The topological polar surface area (TPSA) is 59.6 Å². The van der Waals surface area contributed by atoms with Crippen LogP contribution in [0.15, 0.2) is 0 Å². The minimum absolute atomic E-state index is 0.0307. The van der Waals surface area contributed by atoms with Gasteiger partial charge in [-0.1, -0.05) is 13.8 Å². The number of amides is 1. The molecule has 0 aliphatic carbocycles. The number of nitrogens with one attached hydrogen (secondary N) is 2. The first-order valence-corrected chi connectivity index (χ1v) is 5.59. The molecule has 5 heteroatoms. The molecule has 0 aromatic rings. The highest BCUT2D eigenvalue weighted by Gasteiger charge is 2.14. The van der Waals surface area contributed by atoms with Gasteiger partial charge in [0.2, 0.25) is 5.91 Å². The van der Waals surface area contributed by atoms with E-state index >= 15 is 0 Å². The number of carbonyl (C=O) groups is 1. The van der Waals surface area contributed by atoms with Crippen LogP contribution in [0.1, 0.15) is 20.8 Å². The molecule has 16 heavy (non-hydrogen) atoms. The van der Waals surface area contributed by atoms with E-state index in [4.69, 9.17) is 9.47 Å². The second kappa shape index (κ2) is 8.50. The number of ether oxygens (including phenoxy) is 2. The van der Waals surface area contributed by atoms with Crippen molar-refractivity contribution in [3.8, 4) is 0 Å². The Balaban J connectivity index is 3.62. The molecular weight excluding hydrogens is 208 g/mol. The number of hydrogen-bond donors (Lipinski definition) is 2. The number of hydrogen-bond acceptors (Lipinski definition) is 4. The van der Waals surface area contributed by atoms with Crippen molar-refractivity contribution in [1.82, 2.24) is 10.6 Å². The Morgan fingerprint density at radius 3 is 2.12 bits per heavy atom. The van der Waals surface area contributed by atoms with Gasteiger partial charge in [-0.15, -0.1) is 0 Å². The zero-order chi connectivity index (χ0) is 12.6. The fourth-order valence-corrected chi connectivity index (χ4v) is 1.29. The lowest BCUT2D eigenvalue weighted by Gasteiger charge is -2.22. The molecule has 2 N–H and O–H groups in total. The van der Waals surface area contributed by atoms with Gasteiger partial charge in [0.05, 0.1) is 6.04 Å². The van der Waals surface area contributed by atoms with Crippen LogP contribution in [-0.2, 0) is 14.3 Å². The zero-order valence-electron chi connectivity index (χ0n) is 10.9. The fraction of sp³-hybridized carbons (Fsp3) is 0.909. The number of rotatable bonds is 8. The third-order valence-electron chi connectivity index (χ3n) is 2.29. The lowest BCUT2D eigenvalue weighted by atomic mass is 10.2. The van der Waals surface area contributed by atoms with Crippen LogP contribution in [0.3, 0.4) is 0 Å². The largest absolute Gasteiger partial charge is 0.355 e. The Labute approximate surface area is 97.9 Å². The molecule has 0 saturated heterocycles. The summed E-state index contributed by atoms with van der Waals surface area (Å²) >= 11 is 0. The molecule has 1 amide bonds. The highest BCUT2D eigenvalue weighted by molar-refractivity contribution is 5.77.